The van der Waals surface area contributed by atoms with Gasteiger partial charge in [0, 0.05) is 11.6 Å². The van der Waals surface area contributed by atoms with Crippen LogP contribution < -0.4 is 5.73 Å². The lowest BCUT2D eigenvalue weighted by Crippen LogP contribution is -2.10. The van der Waals surface area contributed by atoms with Gasteiger partial charge in [0.05, 0.1) is 4.47 Å². The van der Waals surface area contributed by atoms with E-state index in [0.29, 0.717) is 12.0 Å². The van der Waals surface area contributed by atoms with Crippen molar-refractivity contribution in [1.29, 1.82) is 0 Å². The van der Waals surface area contributed by atoms with Crippen molar-refractivity contribution in [3.8, 4) is 5.75 Å². The Morgan fingerprint density at radius 3 is 2.75 bits per heavy atom. The summed E-state index contributed by atoms with van der Waals surface area (Å²) in [5.74, 6) is -0.612. The Morgan fingerprint density at radius 2 is 2.19 bits per heavy atom. The summed E-state index contributed by atoms with van der Waals surface area (Å²) < 4.78 is 13.1. The smallest absolute Gasteiger partial charge is 0.141 e. The Hall–Kier alpha value is -0.580. The Balaban J connectivity index is 0.00000225. The largest absolute Gasteiger partial charge is 0.506 e. The lowest BCUT2D eigenvalue weighted by Gasteiger charge is -2.13. The predicted octanol–water partition coefficient (Wildman–Crippen LogP) is 3.68. The molecule has 0 radical (unpaired) electrons. The molecule has 0 unspecified atom stereocenters. The molecule has 0 amide bonds. The SMILES string of the molecule is C=CCC[C@H](N)c1ccc(F)c(Br)c1O.Cl. The van der Waals surface area contributed by atoms with Crippen LogP contribution in [0.15, 0.2) is 29.3 Å². The van der Waals surface area contributed by atoms with E-state index in [9.17, 15) is 9.50 Å². The van der Waals surface area contributed by atoms with Gasteiger partial charge in [-0.05, 0) is 34.8 Å². The monoisotopic (exact) mass is 309 g/mol. The normalized spacial score (nSPS) is 11.7. The first kappa shape index (κ1) is 15.4. The van der Waals surface area contributed by atoms with Gasteiger partial charge >= 0.3 is 0 Å². The van der Waals surface area contributed by atoms with Crippen molar-refractivity contribution in [3.05, 3.63) is 40.6 Å². The van der Waals surface area contributed by atoms with Gasteiger partial charge in [0.1, 0.15) is 11.6 Å². The summed E-state index contributed by atoms with van der Waals surface area (Å²) in [7, 11) is 0. The third-order valence-corrected chi connectivity index (χ3v) is 2.94. The molecule has 1 aromatic rings. The molecule has 1 atom stereocenters. The highest BCUT2D eigenvalue weighted by molar-refractivity contribution is 9.10. The predicted molar refractivity (Wildman–Crippen MR) is 69.4 cm³/mol. The zero-order valence-corrected chi connectivity index (χ0v) is 11.0. The topological polar surface area (TPSA) is 46.2 Å². The number of phenols is 1. The second-order valence-electron chi connectivity index (χ2n) is 3.27. The molecule has 0 bridgehead atoms. The van der Waals surface area contributed by atoms with Crippen LogP contribution in [0, 0.1) is 5.82 Å². The first-order valence-corrected chi connectivity index (χ1v) is 5.40. The van der Waals surface area contributed by atoms with Gasteiger partial charge in [0.15, 0.2) is 0 Å². The Morgan fingerprint density at radius 1 is 1.56 bits per heavy atom. The maximum Gasteiger partial charge on any atom is 0.141 e. The molecule has 0 fully saturated rings. The maximum atomic E-state index is 13.0. The number of halogens is 3. The van der Waals surface area contributed by atoms with Crippen LogP contribution in [-0.4, -0.2) is 5.11 Å². The molecule has 0 saturated heterocycles. The van der Waals surface area contributed by atoms with Crippen molar-refractivity contribution in [3.63, 3.8) is 0 Å². The van der Waals surface area contributed by atoms with Crippen LogP contribution in [0.5, 0.6) is 5.75 Å². The Labute approximate surface area is 109 Å². The summed E-state index contributed by atoms with van der Waals surface area (Å²) in [6.45, 7) is 3.59. The lowest BCUT2D eigenvalue weighted by molar-refractivity contribution is 0.448. The minimum absolute atomic E-state index is 0. The van der Waals surface area contributed by atoms with Gasteiger partial charge in [-0.2, -0.15) is 0 Å². The number of rotatable bonds is 4. The second kappa shape index (κ2) is 6.89. The molecule has 0 aliphatic rings. The Bertz CT molecular complexity index is 373. The molecular formula is C11H14BrClFNO. The second-order valence-corrected chi connectivity index (χ2v) is 4.06. The Kier molecular flexibility index (Phi) is 6.64. The van der Waals surface area contributed by atoms with E-state index < -0.39 is 5.82 Å². The molecule has 1 rings (SSSR count). The molecule has 1 aromatic carbocycles. The molecule has 0 spiro atoms. The fourth-order valence-electron chi connectivity index (χ4n) is 1.31. The first-order chi connectivity index (χ1) is 7.07. The summed E-state index contributed by atoms with van der Waals surface area (Å²) in [6, 6.07) is 2.48. The van der Waals surface area contributed by atoms with E-state index in [2.05, 4.69) is 22.5 Å². The number of benzene rings is 1. The molecule has 0 aromatic heterocycles. The van der Waals surface area contributed by atoms with Gasteiger partial charge < -0.3 is 10.8 Å². The number of hydrogen-bond acceptors (Lipinski definition) is 2. The van der Waals surface area contributed by atoms with E-state index >= 15 is 0 Å². The quantitative estimate of drug-likeness (QED) is 0.833. The van der Waals surface area contributed by atoms with E-state index in [-0.39, 0.29) is 28.7 Å². The summed E-state index contributed by atoms with van der Waals surface area (Å²) >= 11 is 2.97. The molecule has 0 aliphatic heterocycles. The molecule has 0 saturated carbocycles. The van der Waals surface area contributed by atoms with Crippen molar-refractivity contribution in [2.45, 2.75) is 18.9 Å². The molecule has 0 aliphatic carbocycles. The summed E-state index contributed by atoms with van der Waals surface area (Å²) in [5.41, 5.74) is 6.40. The van der Waals surface area contributed by atoms with Crippen LogP contribution in [0.25, 0.3) is 0 Å². The van der Waals surface area contributed by atoms with E-state index in [1.165, 1.54) is 12.1 Å². The number of allylic oxidation sites excluding steroid dienone is 1. The third kappa shape index (κ3) is 3.47. The summed E-state index contributed by atoms with van der Waals surface area (Å²) in [4.78, 5) is 0. The maximum absolute atomic E-state index is 13.0. The summed E-state index contributed by atoms with van der Waals surface area (Å²) in [5, 5.41) is 9.66. The highest BCUT2D eigenvalue weighted by Gasteiger charge is 2.15. The van der Waals surface area contributed by atoms with Crippen LogP contribution in [0.2, 0.25) is 0 Å². The van der Waals surface area contributed by atoms with Crippen molar-refractivity contribution >= 4 is 28.3 Å². The molecule has 16 heavy (non-hydrogen) atoms. The number of phenolic OH excluding ortho intramolecular Hbond substituents is 1. The van der Waals surface area contributed by atoms with Gasteiger partial charge in [-0.15, -0.1) is 19.0 Å². The third-order valence-electron chi connectivity index (χ3n) is 2.18. The molecule has 0 heterocycles. The number of hydrogen-bond donors (Lipinski definition) is 2. The fourth-order valence-corrected chi connectivity index (χ4v) is 1.67. The van der Waals surface area contributed by atoms with Crippen LogP contribution >= 0.6 is 28.3 Å². The lowest BCUT2D eigenvalue weighted by atomic mass is 10.0. The number of aromatic hydroxyl groups is 1. The van der Waals surface area contributed by atoms with Crippen molar-refractivity contribution in [2.24, 2.45) is 5.73 Å². The van der Waals surface area contributed by atoms with Crippen LogP contribution in [0.3, 0.4) is 0 Å². The average Bonchev–Trinajstić information content (AvgIpc) is 2.23. The zero-order chi connectivity index (χ0) is 11.4. The number of nitrogens with two attached hydrogens (primary N) is 1. The van der Waals surface area contributed by atoms with Gasteiger partial charge in [0.2, 0.25) is 0 Å². The van der Waals surface area contributed by atoms with Gasteiger partial charge in [-0.3, -0.25) is 0 Å². The van der Waals surface area contributed by atoms with Crippen LogP contribution in [0.4, 0.5) is 4.39 Å². The van der Waals surface area contributed by atoms with Gasteiger partial charge in [0.25, 0.3) is 0 Å². The molecule has 90 valence electrons. The van der Waals surface area contributed by atoms with E-state index in [1.807, 2.05) is 0 Å². The fraction of sp³-hybridized carbons (Fsp3) is 0.273. The van der Waals surface area contributed by atoms with Crippen molar-refractivity contribution in [2.75, 3.05) is 0 Å². The highest BCUT2D eigenvalue weighted by atomic mass is 79.9. The molecule has 3 N–H and O–H groups in total. The van der Waals surface area contributed by atoms with Gasteiger partial charge in [-0.25, -0.2) is 4.39 Å². The van der Waals surface area contributed by atoms with Crippen molar-refractivity contribution in [1.82, 2.24) is 0 Å². The standard InChI is InChI=1S/C11H13BrFNO.ClH/c1-2-3-4-9(14)7-5-6-8(13)10(12)11(7)15;/h2,5-6,9,15H,1,3-4,14H2;1H/t9-;/m0./s1. The van der Waals surface area contributed by atoms with Crippen LogP contribution in [0.1, 0.15) is 24.4 Å². The average molecular weight is 311 g/mol. The van der Waals surface area contributed by atoms with Gasteiger partial charge in [-0.1, -0.05) is 12.1 Å². The van der Waals surface area contributed by atoms with E-state index in [0.717, 1.165) is 6.42 Å². The van der Waals surface area contributed by atoms with E-state index in [1.54, 1.807) is 6.08 Å². The molecule has 2 nitrogen and oxygen atoms in total. The van der Waals surface area contributed by atoms with E-state index in [4.69, 9.17) is 5.73 Å². The highest BCUT2D eigenvalue weighted by Crippen LogP contribution is 2.34. The van der Waals surface area contributed by atoms with Crippen molar-refractivity contribution < 1.29 is 9.50 Å². The zero-order valence-electron chi connectivity index (χ0n) is 8.62. The minimum Gasteiger partial charge on any atom is -0.506 e. The van der Waals surface area contributed by atoms with Crippen LogP contribution in [-0.2, 0) is 0 Å². The summed E-state index contributed by atoms with van der Waals surface area (Å²) in [6.07, 6.45) is 3.19. The first-order valence-electron chi connectivity index (χ1n) is 4.61. The minimum atomic E-state index is -0.493. The molecule has 5 heteroatoms. The molecular weight excluding hydrogens is 296 g/mol.